The fourth-order valence-electron chi connectivity index (χ4n) is 1.32. The Morgan fingerprint density at radius 2 is 2.38 bits per heavy atom. The fraction of sp³-hybridized carbons (Fsp3) is 0.545. The van der Waals surface area contributed by atoms with Crippen molar-refractivity contribution in [1.82, 2.24) is 5.32 Å². The number of aryl methyl sites for hydroxylation is 1. The Labute approximate surface area is 109 Å². The molecule has 0 aliphatic heterocycles. The zero-order valence-corrected chi connectivity index (χ0v) is 11.7. The molecule has 0 bridgehead atoms. The van der Waals surface area contributed by atoms with Gasteiger partial charge < -0.3 is 11.1 Å². The maximum atomic E-state index is 11.4. The van der Waals surface area contributed by atoms with Crippen LogP contribution in [-0.2, 0) is 11.2 Å². The van der Waals surface area contributed by atoms with Gasteiger partial charge in [0.15, 0.2) is 0 Å². The van der Waals surface area contributed by atoms with Crippen LogP contribution in [0.4, 0.5) is 0 Å². The van der Waals surface area contributed by atoms with Gasteiger partial charge in [0.1, 0.15) is 0 Å². The molecule has 0 radical (unpaired) electrons. The summed E-state index contributed by atoms with van der Waals surface area (Å²) in [6, 6.07) is 4.20. The first kappa shape index (κ1) is 13.7. The minimum atomic E-state index is 0.0726. The molecule has 3 N–H and O–H groups in total. The molecule has 16 heavy (non-hydrogen) atoms. The second-order valence-corrected chi connectivity index (χ2v) is 6.31. The zero-order valence-electron chi connectivity index (χ0n) is 9.33. The van der Waals surface area contributed by atoms with Crippen LogP contribution in [0.5, 0.6) is 0 Å². The van der Waals surface area contributed by atoms with Crippen LogP contribution in [-0.4, -0.2) is 18.5 Å². The molecule has 1 rings (SSSR count). The summed E-state index contributed by atoms with van der Waals surface area (Å²) in [4.78, 5) is 12.7. The van der Waals surface area contributed by atoms with E-state index in [4.69, 9.17) is 5.73 Å². The van der Waals surface area contributed by atoms with Crippen molar-refractivity contribution >= 4 is 33.2 Å². The predicted octanol–water partition coefficient (Wildman–Crippen LogP) is 2.30. The molecule has 90 valence electrons. The third-order valence-corrected chi connectivity index (χ3v) is 3.90. The molecule has 0 unspecified atom stereocenters. The number of carbonyl (C=O) groups excluding carboxylic acids is 1. The van der Waals surface area contributed by atoms with E-state index in [0.29, 0.717) is 13.0 Å². The minimum Gasteiger partial charge on any atom is -0.352 e. The molecule has 1 heterocycles. The van der Waals surface area contributed by atoms with Crippen LogP contribution in [0.2, 0.25) is 0 Å². The number of rotatable bonds is 6. The topological polar surface area (TPSA) is 55.1 Å². The lowest BCUT2D eigenvalue weighted by Gasteiger charge is -2.10. The largest absolute Gasteiger partial charge is 0.352 e. The van der Waals surface area contributed by atoms with Crippen molar-refractivity contribution in [2.24, 2.45) is 5.73 Å². The average Bonchev–Trinajstić information content (AvgIpc) is 2.64. The molecular formula is C11H17BrN2OS. The third-order valence-electron chi connectivity index (χ3n) is 2.22. The smallest absolute Gasteiger partial charge is 0.220 e. The van der Waals surface area contributed by atoms with Gasteiger partial charge in [-0.2, -0.15) is 0 Å². The number of carbonyl (C=O) groups is 1. The highest BCUT2D eigenvalue weighted by atomic mass is 79.9. The number of nitrogens with two attached hydrogens (primary N) is 1. The fourth-order valence-corrected chi connectivity index (χ4v) is 2.84. The monoisotopic (exact) mass is 304 g/mol. The molecule has 3 nitrogen and oxygen atoms in total. The van der Waals surface area contributed by atoms with Crippen molar-refractivity contribution < 1.29 is 4.79 Å². The van der Waals surface area contributed by atoms with Gasteiger partial charge in [0, 0.05) is 23.9 Å². The highest BCUT2D eigenvalue weighted by Crippen LogP contribution is 2.23. The molecule has 0 aliphatic rings. The number of nitrogens with one attached hydrogen (secondary N) is 1. The SMILES string of the molecule is C[C@@H](CN)NC(=O)CCCc1ccc(Br)s1. The van der Waals surface area contributed by atoms with Crippen LogP contribution in [0, 0.1) is 0 Å². The summed E-state index contributed by atoms with van der Waals surface area (Å²) in [7, 11) is 0. The van der Waals surface area contributed by atoms with Crippen LogP contribution in [0.15, 0.2) is 15.9 Å². The van der Waals surface area contributed by atoms with E-state index in [9.17, 15) is 4.79 Å². The normalized spacial score (nSPS) is 12.4. The number of hydrogen-bond acceptors (Lipinski definition) is 3. The first-order chi connectivity index (χ1) is 7.61. The highest BCUT2D eigenvalue weighted by molar-refractivity contribution is 9.11. The van der Waals surface area contributed by atoms with Crippen molar-refractivity contribution in [1.29, 1.82) is 0 Å². The molecule has 1 amide bonds. The Kier molecular flexibility index (Phi) is 6.01. The van der Waals surface area contributed by atoms with Crippen LogP contribution < -0.4 is 11.1 Å². The lowest BCUT2D eigenvalue weighted by Crippen LogP contribution is -2.37. The molecule has 1 aromatic rings. The minimum absolute atomic E-state index is 0.0726. The highest BCUT2D eigenvalue weighted by Gasteiger charge is 2.05. The van der Waals surface area contributed by atoms with Gasteiger partial charge in [0.25, 0.3) is 0 Å². The summed E-state index contributed by atoms with van der Waals surface area (Å²) in [5.74, 6) is 0.0913. The number of thiophene rings is 1. The van der Waals surface area contributed by atoms with Crippen molar-refractivity contribution in [3.8, 4) is 0 Å². The Bertz CT molecular complexity index is 340. The average molecular weight is 305 g/mol. The zero-order chi connectivity index (χ0) is 12.0. The Hall–Kier alpha value is -0.390. The van der Waals surface area contributed by atoms with Gasteiger partial charge in [-0.25, -0.2) is 0 Å². The van der Waals surface area contributed by atoms with E-state index in [-0.39, 0.29) is 11.9 Å². The van der Waals surface area contributed by atoms with Crippen LogP contribution >= 0.6 is 27.3 Å². The Balaban J connectivity index is 2.18. The van der Waals surface area contributed by atoms with Crippen molar-refractivity contribution in [3.63, 3.8) is 0 Å². The molecule has 0 fully saturated rings. The molecule has 0 saturated carbocycles. The van der Waals surface area contributed by atoms with Gasteiger partial charge >= 0.3 is 0 Å². The van der Waals surface area contributed by atoms with Gasteiger partial charge in [-0.1, -0.05) is 0 Å². The quantitative estimate of drug-likeness (QED) is 0.847. The molecule has 5 heteroatoms. The molecule has 0 saturated heterocycles. The molecular weight excluding hydrogens is 288 g/mol. The van der Waals surface area contributed by atoms with Gasteiger partial charge in [0.2, 0.25) is 5.91 Å². The van der Waals surface area contributed by atoms with E-state index < -0.39 is 0 Å². The lowest BCUT2D eigenvalue weighted by atomic mass is 10.2. The van der Waals surface area contributed by atoms with Crippen molar-refractivity contribution in [2.75, 3.05) is 6.54 Å². The lowest BCUT2D eigenvalue weighted by molar-refractivity contribution is -0.121. The number of hydrogen-bond donors (Lipinski definition) is 2. The van der Waals surface area contributed by atoms with Gasteiger partial charge in [-0.05, 0) is 47.8 Å². The molecule has 0 spiro atoms. The maximum absolute atomic E-state index is 11.4. The van der Waals surface area contributed by atoms with E-state index in [1.807, 2.05) is 13.0 Å². The van der Waals surface area contributed by atoms with Gasteiger partial charge in [0.05, 0.1) is 3.79 Å². The Morgan fingerprint density at radius 3 is 2.94 bits per heavy atom. The van der Waals surface area contributed by atoms with E-state index in [2.05, 4.69) is 27.3 Å². The predicted molar refractivity (Wildman–Crippen MR) is 71.6 cm³/mol. The van der Waals surface area contributed by atoms with E-state index >= 15 is 0 Å². The number of halogens is 1. The standard InChI is InChI=1S/C11H17BrN2OS/c1-8(7-13)14-11(15)4-2-3-9-5-6-10(12)16-9/h5-6,8H,2-4,7,13H2,1H3,(H,14,15)/t8-/m0/s1. The summed E-state index contributed by atoms with van der Waals surface area (Å²) in [6.07, 6.45) is 2.41. The van der Waals surface area contributed by atoms with Crippen molar-refractivity contribution in [2.45, 2.75) is 32.2 Å². The van der Waals surface area contributed by atoms with E-state index in [1.165, 1.54) is 4.88 Å². The molecule has 1 atom stereocenters. The second kappa shape index (κ2) is 7.04. The molecule has 0 aliphatic carbocycles. The third kappa shape index (κ3) is 5.09. The summed E-state index contributed by atoms with van der Waals surface area (Å²) in [5.41, 5.74) is 5.42. The summed E-state index contributed by atoms with van der Waals surface area (Å²) < 4.78 is 1.14. The summed E-state index contributed by atoms with van der Waals surface area (Å²) >= 11 is 5.14. The maximum Gasteiger partial charge on any atom is 0.220 e. The first-order valence-corrected chi connectivity index (χ1v) is 6.96. The van der Waals surface area contributed by atoms with Crippen LogP contribution in [0.1, 0.15) is 24.6 Å². The van der Waals surface area contributed by atoms with Crippen molar-refractivity contribution in [3.05, 3.63) is 20.8 Å². The number of amides is 1. The molecule has 0 aromatic carbocycles. The van der Waals surface area contributed by atoms with E-state index in [0.717, 1.165) is 16.6 Å². The summed E-state index contributed by atoms with van der Waals surface area (Å²) in [6.45, 7) is 2.40. The van der Waals surface area contributed by atoms with Gasteiger partial charge in [-0.15, -0.1) is 11.3 Å². The summed E-state index contributed by atoms with van der Waals surface area (Å²) in [5, 5.41) is 2.85. The van der Waals surface area contributed by atoms with Crippen LogP contribution in [0.25, 0.3) is 0 Å². The second-order valence-electron chi connectivity index (χ2n) is 3.76. The van der Waals surface area contributed by atoms with Crippen LogP contribution in [0.3, 0.4) is 0 Å². The Morgan fingerprint density at radius 1 is 1.62 bits per heavy atom. The first-order valence-electron chi connectivity index (χ1n) is 5.35. The van der Waals surface area contributed by atoms with Gasteiger partial charge in [-0.3, -0.25) is 4.79 Å². The molecule has 1 aromatic heterocycles. The van der Waals surface area contributed by atoms with E-state index in [1.54, 1.807) is 11.3 Å².